The maximum Gasteiger partial charge on any atom is 0.130 e. The minimum Gasteiger partial charge on any atom is -0.368 e. The summed E-state index contributed by atoms with van der Waals surface area (Å²) >= 11 is 0. The van der Waals surface area contributed by atoms with Gasteiger partial charge in [-0.05, 0) is 12.1 Å². The Labute approximate surface area is 93.5 Å². The van der Waals surface area contributed by atoms with Gasteiger partial charge in [0.2, 0.25) is 0 Å². The molecule has 1 aliphatic rings. The average molecular weight is 212 g/mol. The summed E-state index contributed by atoms with van der Waals surface area (Å²) in [6, 6.07) is 5.91. The predicted molar refractivity (Wildman–Crippen MR) is 63.4 cm³/mol. The second kappa shape index (κ2) is 3.81. The van der Waals surface area contributed by atoms with Crippen LogP contribution in [0.1, 0.15) is 5.56 Å². The third kappa shape index (κ3) is 1.48. The number of aromatic amines is 1. The molecule has 2 aromatic rings. The van der Waals surface area contributed by atoms with Crippen LogP contribution in [0.15, 0.2) is 41.8 Å². The van der Waals surface area contributed by atoms with Crippen molar-refractivity contribution in [3.8, 4) is 11.3 Å². The van der Waals surface area contributed by atoms with Crippen LogP contribution < -0.4 is 5.32 Å². The zero-order chi connectivity index (χ0) is 10.8. The smallest absolute Gasteiger partial charge is 0.130 e. The van der Waals surface area contributed by atoms with Gasteiger partial charge in [-0.2, -0.15) is 0 Å². The highest BCUT2D eigenvalue weighted by atomic mass is 15.1. The molecule has 0 saturated carbocycles. The summed E-state index contributed by atoms with van der Waals surface area (Å²) in [5, 5.41) is 3.27. The molecule has 0 amide bonds. The van der Waals surface area contributed by atoms with E-state index in [1.807, 2.05) is 30.6 Å². The van der Waals surface area contributed by atoms with E-state index in [1.54, 1.807) is 6.20 Å². The van der Waals surface area contributed by atoms with E-state index >= 15 is 0 Å². The van der Waals surface area contributed by atoms with Crippen molar-refractivity contribution in [2.45, 2.75) is 0 Å². The number of aliphatic imine (C=N–C) groups is 1. The van der Waals surface area contributed by atoms with Gasteiger partial charge in [0.1, 0.15) is 5.84 Å². The molecule has 1 aliphatic heterocycles. The van der Waals surface area contributed by atoms with E-state index < -0.39 is 0 Å². The van der Waals surface area contributed by atoms with Crippen LogP contribution in [0.5, 0.6) is 0 Å². The number of aromatic nitrogens is 2. The number of hydrogen-bond acceptors (Lipinski definition) is 3. The van der Waals surface area contributed by atoms with Crippen molar-refractivity contribution in [1.29, 1.82) is 0 Å². The van der Waals surface area contributed by atoms with Crippen molar-refractivity contribution in [1.82, 2.24) is 15.3 Å². The van der Waals surface area contributed by atoms with E-state index in [4.69, 9.17) is 0 Å². The van der Waals surface area contributed by atoms with Gasteiger partial charge in [-0.15, -0.1) is 0 Å². The third-order valence-electron chi connectivity index (χ3n) is 2.62. The number of nitrogens with one attached hydrogen (secondary N) is 2. The number of amidine groups is 1. The molecule has 2 N–H and O–H groups in total. The summed E-state index contributed by atoms with van der Waals surface area (Å²) in [6.45, 7) is 1.77. The van der Waals surface area contributed by atoms with Gasteiger partial charge in [-0.3, -0.25) is 9.98 Å². The molecule has 0 aliphatic carbocycles. The van der Waals surface area contributed by atoms with Crippen molar-refractivity contribution in [3.05, 3.63) is 42.4 Å². The van der Waals surface area contributed by atoms with Gasteiger partial charge < -0.3 is 10.3 Å². The Kier molecular flexibility index (Phi) is 2.18. The molecule has 0 radical (unpaired) electrons. The Morgan fingerprint density at radius 1 is 1.12 bits per heavy atom. The molecule has 0 saturated heterocycles. The van der Waals surface area contributed by atoms with Crippen LogP contribution in [-0.4, -0.2) is 28.9 Å². The number of H-pyrrole nitrogens is 1. The SMILES string of the molecule is c1ccc(-c2c[nH]cc2C2=NCCN2)nc1. The fraction of sp³-hybridized carbons (Fsp3) is 0.167. The van der Waals surface area contributed by atoms with Crippen LogP contribution in [0.3, 0.4) is 0 Å². The Hall–Kier alpha value is -2.10. The topological polar surface area (TPSA) is 53.1 Å². The summed E-state index contributed by atoms with van der Waals surface area (Å²) in [6.07, 6.45) is 5.72. The molecule has 3 heterocycles. The van der Waals surface area contributed by atoms with Gasteiger partial charge in [0.25, 0.3) is 0 Å². The maximum absolute atomic E-state index is 4.42. The van der Waals surface area contributed by atoms with E-state index in [2.05, 4.69) is 20.3 Å². The number of rotatable bonds is 2. The number of nitrogens with zero attached hydrogens (tertiary/aromatic N) is 2. The lowest BCUT2D eigenvalue weighted by Crippen LogP contribution is -2.19. The van der Waals surface area contributed by atoms with Crippen LogP contribution in [0.4, 0.5) is 0 Å². The third-order valence-corrected chi connectivity index (χ3v) is 2.62. The van der Waals surface area contributed by atoms with Crippen LogP contribution in [0.2, 0.25) is 0 Å². The highest BCUT2D eigenvalue weighted by Gasteiger charge is 2.14. The standard InChI is InChI=1S/C12H12N4/c1-2-4-14-11(3-1)9-7-13-8-10(9)12-15-5-6-16-12/h1-4,7-8,13H,5-6H2,(H,15,16). The van der Waals surface area contributed by atoms with Crippen LogP contribution in [-0.2, 0) is 0 Å². The van der Waals surface area contributed by atoms with E-state index in [-0.39, 0.29) is 0 Å². The van der Waals surface area contributed by atoms with Crippen molar-refractivity contribution in [3.63, 3.8) is 0 Å². The minimum absolute atomic E-state index is 0.849. The Morgan fingerprint density at radius 2 is 2.06 bits per heavy atom. The molecule has 0 unspecified atom stereocenters. The average Bonchev–Trinajstić information content (AvgIpc) is 3.01. The van der Waals surface area contributed by atoms with Crippen molar-refractivity contribution < 1.29 is 0 Å². The molecule has 80 valence electrons. The Bertz CT molecular complexity index is 513. The van der Waals surface area contributed by atoms with Gasteiger partial charge >= 0.3 is 0 Å². The van der Waals surface area contributed by atoms with E-state index in [1.165, 1.54) is 0 Å². The van der Waals surface area contributed by atoms with Gasteiger partial charge in [0, 0.05) is 36.3 Å². The molecule has 0 spiro atoms. The Morgan fingerprint density at radius 3 is 2.81 bits per heavy atom. The first-order chi connectivity index (χ1) is 7.95. The molecular formula is C12H12N4. The highest BCUT2D eigenvalue weighted by molar-refractivity contribution is 6.04. The largest absolute Gasteiger partial charge is 0.368 e. The van der Waals surface area contributed by atoms with Crippen molar-refractivity contribution in [2.24, 2.45) is 4.99 Å². The monoisotopic (exact) mass is 212 g/mol. The fourth-order valence-corrected chi connectivity index (χ4v) is 1.87. The summed E-state index contributed by atoms with van der Waals surface area (Å²) in [5.41, 5.74) is 3.15. The van der Waals surface area contributed by atoms with Gasteiger partial charge in [-0.1, -0.05) is 6.07 Å². The fourth-order valence-electron chi connectivity index (χ4n) is 1.87. The van der Waals surface area contributed by atoms with Gasteiger partial charge in [0.05, 0.1) is 12.2 Å². The van der Waals surface area contributed by atoms with Crippen LogP contribution >= 0.6 is 0 Å². The molecule has 4 nitrogen and oxygen atoms in total. The lowest BCUT2D eigenvalue weighted by molar-refractivity contribution is 0.960. The molecule has 3 rings (SSSR count). The molecule has 0 bridgehead atoms. The second-order valence-electron chi connectivity index (χ2n) is 3.65. The predicted octanol–water partition coefficient (Wildman–Crippen LogP) is 1.43. The summed E-state index contributed by atoms with van der Waals surface area (Å²) < 4.78 is 0. The first kappa shape index (κ1) is 9.15. The molecule has 0 fully saturated rings. The number of hydrogen-bond donors (Lipinski definition) is 2. The molecule has 0 aromatic carbocycles. The zero-order valence-corrected chi connectivity index (χ0v) is 8.77. The molecular weight excluding hydrogens is 200 g/mol. The van der Waals surface area contributed by atoms with Crippen LogP contribution in [0, 0.1) is 0 Å². The lowest BCUT2D eigenvalue weighted by Gasteiger charge is -2.03. The maximum atomic E-state index is 4.42. The molecule has 0 atom stereocenters. The molecule has 2 aromatic heterocycles. The summed E-state index contributed by atoms with van der Waals surface area (Å²) in [7, 11) is 0. The quantitative estimate of drug-likeness (QED) is 0.791. The first-order valence-corrected chi connectivity index (χ1v) is 5.32. The molecule has 4 heteroatoms. The zero-order valence-electron chi connectivity index (χ0n) is 8.77. The first-order valence-electron chi connectivity index (χ1n) is 5.32. The Balaban J connectivity index is 2.06. The van der Waals surface area contributed by atoms with Crippen LogP contribution in [0.25, 0.3) is 11.3 Å². The van der Waals surface area contributed by atoms with Gasteiger partial charge in [0.15, 0.2) is 0 Å². The second-order valence-corrected chi connectivity index (χ2v) is 3.65. The van der Waals surface area contributed by atoms with E-state index in [9.17, 15) is 0 Å². The van der Waals surface area contributed by atoms with Crippen molar-refractivity contribution in [2.75, 3.05) is 13.1 Å². The van der Waals surface area contributed by atoms with Gasteiger partial charge in [-0.25, -0.2) is 0 Å². The van der Waals surface area contributed by atoms with E-state index in [0.717, 1.165) is 35.7 Å². The lowest BCUT2D eigenvalue weighted by atomic mass is 10.1. The minimum atomic E-state index is 0.849. The van der Waals surface area contributed by atoms with Crippen molar-refractivity contribution >= 4 is 5.84 Å². The summed E-state index contributed by atoms with van der Waals surface area (Å²) in [5.74, 6) is 0.960. The summed E-state index contributed by atoms with van der Waals surface area (Å²) in [4.78, 5) is 11.9. The van der Waals surface area contributed by atoms with E-state index in [0.29, 0.717) is 0 Å². The normalized spacial score (nSPS) is 14.6. The highest BCUT2D eigenvalue weighted by Crippen LogP contribution is 2.21. The molecule has 16 heavy (non-hydrogen) atoms. The number of pyridine rings is 1.